The standard InChI is InChI=1S/C14H16Cl2N2O3/c1-9-8-18(4-5-21-9)13(19)7-17-14(20)10-2-3-11(15)12(16)6-10/h2-3,6,9H,4-5,7-8H2,1H3,(H,17,20)/t9-/m1/s1. The lowest BCUT2D eigenvalue weighted by atomic mass is 10.2. The Morgan fingerprint density at radius 1 is 1.38 bits per heavy atom. The maximum atomic E-state index is 12.0. The molecular weight excluding hydrogens is 315 g/mol. The Labute approximate surface area is 133 Å². The molecule has 1 saturated heterocycles. The van der Waals surface area contributed by atoms with Crippen LogP contribution in [0.2, 0.25) is 10.0 Å². The number of carbonyl (C=O) groups is 2. The SMILES string of the molecule is C[C@@H]1CN(C(=O)CNC(=O)c2ccc(Cl)c(Cl)c2)CCO1. The van der Waals surface area contributed by atoms with Crippen LogP contribution in [0.1, 0.15) is 17.3 Å². The van der Waals surface area contributed by atoms with Crippen molar-refractivity contribution in [1.82, 2.24) is 10.2 Å². The zero-order chi connectivity index (χ0) is 15.4. The van der Waals surface area contributed by atoms with Gasteiger partial charge in [0.2, 0.25) is 5.91 Å². The molecule has 1 heterocycles. The van der Waals surface area contributed by atoms with Crippen LogP contribution in [0.3, 0.4) is 0 Å². The van der Waals surface area contributed by atoms with Gasteiger partial charge >= 0.3 is 0 Å². The van der Waals surface area contributed by atoms with Crippen LogP contribution in [-0.4, -0.2) is 49.1 Å². The summed E-state index contributed by atoms with van der Waals surface area (Å²) in [6.45, 7) is 3.47. The Bertz CT molecular complexity index is 551. The van der Waals surface area contributed by atoms with Crippen LogP contribution in [0.15, 0.2) is 18.2 Å². The first-order valence-electron chi connectivity index (χ1n) is 6.60. The van der Waals surface area contributed by atoms with Gasteiger partial charge in [0.1, 0.15) is 0 Å². The molecule has 2 amide bonds. The molecule has 0 spiro atoms. The molecule has 0 saturated carbocycles. The normalized spacial score (nSPS) is 18.4. The molecule has 0 aromatic heterocycles. The first kappa shape index (κ1) is 16.1. The van der Waals surface area contributed by atoms with E-state index in [1.165, 1.54) is 6.07 Å². The van der Waals surface area contributed by atoms with Gasteiger partial charge in [-0.15, -0.1) is 0 Å². The van der Waals surface area contributed by atoms with Gasteiger partial charge in [0.25, 0.3) is 5.91 Å². The molecule has 5 nitrogen and oxygen atoms in total. The van der Waals surface area contributed by atoms with Crippen LogP contribution < -0.4 is 5.32 Å². The fourth-order valence-electron chi connectivity index (χ4n) is 2.05. The largest absolute Gasteiger partial charge is 0.375 e. The molecule has 0 unspecified atom stereocenters. The van der Waals surface area contributed by atoms with Gasteiger partial charge < -0.3 is 15.0 Å². The van der Waals surface area contributed by atoms with Gasteiger partial charge in [-0.25, -0.2) is 0 Å². The van der Waals surface area contributed by atoms with Crippen molar-refractivity contribution in [3.63, 3.8) is 0 Å². The van der Waals surface area contributed by atoms with E-state index in [0.717, 1.165) is 0 Å². The van der Waals surface area contributed by atoms with Crippen molar-refractivity contribution in [2.75, 3.05) is 26.2 Å². The van der Waals surface area contributed by atoms with Crippen LogP contribution in [-0.2, 0) is 9.53 Å². The molecule has 1 atom stereocenters. The van der Waals surface area contributed by atoms with Crippen molar-refractivity contribution >= 4 is 35.0 Å². The lowest BCUT2D eigenvalue weighted by Gasteiger charge is -2.31. The summed E-state index contributed by atoms with van der Waals surface area (Å²) < 4.78 is 5.37. The van der Waals surface area contributed by atoms with Crippen molar-refractivity contribution in [1.29, 1.82) is 0 Å². The third kappa shape index (κ3) is 4.33. The van der Waals surface area contributed by atoms with Gasteiger partial charge in [-0.05, 0) is 25.1 Å². The number of rotatable bonds is 3. The monoisotopic (exact) mass is 330 g/mol. The zero-order valence-corrected chi connectivity index (χ0v) is 13.1. The predicted octanol–water partition coefficient (Wildman–Crippen LogP) is 1.97. The quantitative estimate of drug-likeness (QED) is 0.921. The van der Waals surface area contributed by atoms with E-state index in [-0.39, 0.29) is 24.5 Å². The number of halogens is 2. The van der Waals surface area contributed by atoms with E-state index in [4.69, 9.17) is 27.9 Å². The Hall–Kier alpha value is -1.30. The minimum atomic E-state index is -0.358. The second-order valence-corrected chi connectivity index (χ2v) is 5.65. The van der Waals surface area contributed by atoms with E-state index < -0.39 is 0 Å². The number of benzene rings is 1. The summed E-state index contributed by atoms with van der Waals surface area (Å²) in [5.41, 5.74) is 0.368. The molecule has 114 valence electrons. The minimum absolute atomic E-state index is 0.0217. The number of amides is 2. The molecule has 1 fully saturated rings. The number of carbonyl (C=O) groups excluding carboxylic acids is 2. The second-order valence-electron chi connectivity index (χ2n) is 4.83. The van der Waals surface area contributed by atoms with Gasteiger partial charge in [0, 0.05) is 18.7 Å². The van der Waals surface area contributed by atoms with E-state index in [1.807, 2.05) is 6.92 Å². The van der Waals surface area contributed by atoms with Crippen molar-refractivity contribution in [2.24, 2.45) is 0 Å². The van der Waals surface area contributed by atoms with E-state index in [2.05, 4.69) is 5.32 Å². The van der Waals surface area contributed by atoms with Crippen LogP contribution in [0.4, 0.5) is 0 Å². The van der Waals surface area contributed by atoms with Gasteiger partial charge in [-0.3, -0.25) is 9.59 Å². The second kappa shape index (κ2) is 7.11. The van der Waals surface area contributed by atoms with E-state index in [1.54, 1.807) is 17.0 Å². The van der Waals surface area contributed by atoms with Crippen LogP contribution in [0, 0.1) is 0 Å². The number of morpholine rings is 1. The molecule has 1 aliphatic rings. The summed E-state index contributed by atoms with van der Waals surface area (Å²) in [5.74, 6) is -0.484. The first-order valence-corrected chi connectivity index (χ1v) is 7.35. The lowest BCUT2D eigenvalue weighted by molar-refractivity contribution is -0.137. The summed E-state index contributed by atoms with van der Waals surface area (Å²) in [4.78, 5) is 25.6. The molecule has 21 heavy (non-hydrogen) atoms. The summed E-state index contributed by atoms with van der Waals surface area (Å²) in [7, 11) is 0. The predicted molar refractivity (Wildman–Crippen MR) is 80.8 cm³/mol. The van der Waals surface area contributed by atoms with Crippen LogP contribution in [0.25, 0.3) is 0 Å². The smallest absolute Gasteiger partial charge is 0.251 e. The molecule has 0 aliphatic carbocycles. The highest BCUT2D eigenvalue weighted by atomic mass is 35.5. The van der Waals surface area contributed by atoms with Crippen molar-refractivity contribution in [2.45, 2.75) is 13.0 Å². The molecule has 1 aromatic rings. The molecule has 1 aliphatic heterocycles. The molecule has 1 N–H and O–H groups in total. The average Bonchev–Trinajstić information content (AvgIpc) is 2.47. The fourth-order valence-corrected chi connectivity index (χ4v) is 2.35. The molecule has 1 aromatic carbocycles. The van der Waals surface area contributed by atoms with Crippen molar-refractivity contribution in [3.05, 3.63) is 33.8 Å². The average molecular weight is 331 g/mol. The molecule has 0 radical (unpaired) electrons. The highest BCUT2D eigenvalue weighted by molar-refractivity contribution is 6.42. The van der Waals surface area contributed by atoms with Gasteiger partial charge in [-0.2, -0.15) is 0 Å². The van der Waals surface area contributed by atoms with E-state index in [9.17, 15) is 9.59 Å². The van der Waals surface area contributed by atoms with Gasteiger partial charge in [0.15, 0.2) is 0 Å². The van der Waals surface area contributed by atoms with Crippen LogP contribution >= 0.6 is 23.2 Å². The Balaban J connectivity index is 1.88. The molecule has 7 heteroatoms. The highest BCUT2D eigenvalue weighted by Gasteiger charge is 2.21. The minimum Gasteiger partial charge on any atom is -0.375 e. The van der Waals surface area contributed by atoms with E-state index in [0.29, 0.717) is 35.3 Å². The topological polar surface area (TPSA) is 58.6 Å². The maximum Gasteiger partial charge on any atom is 0.251 e. The summed E-state index contributed by atoms with van der Waals surface area (Å²) in [5, 5.41) is 3.27. The highest BCUT2D eigenvalue weighted by Crippen LogP contribution is 2.22. The van der Waals surface area contributed by atoms with Gasteiger partial charge in [-0.1, -0.05) is 23.2 Å². The number of hydrogen-bond donors (Lipinski definition) is 1. The zero-order valence-electron chi connectivity index (χ0n) is 11.6. The number of nitrogens with zero attached hydrogens (tertiary/aromatic N) is 1. The number of nitrogens with one attached hydrogen (secondary N) is 1. The number of hydrogen-bond acceptors (Lipinski definition) is 3. The third-order valence-corrected chi connectivity index (χ3v) is 3.91. The van der Waals surface area contributed by atoms with Crippen molar-refractivity contribution < 1.29 is 14.3 Å². The summed E-state index contributed by atoms with van der Waals surface area (Å²) in [6.07, 6.45) is 0.0217. The Kier molecular flexibility index (Phi) is 5.45. The van der Waals surface area contributed by atoms with Crippen molar-refractivity contribution in [3.8, 4) is 0 Å². The summed E-state index contributed by atoms with van der Waals surface area (Å²) >= 11 is 11.6. The van der Waals surface area contributed by atoms with E-state index >= 15 is 0 Å². The Morgan fingerprint density at radius 2 is 2.14 bits per heavy atom. The first-order chi connectivity index (χ1) is 9.97. The fraction of sp³-hybridized carbons (Fsp3) is 0.429. The lowest BCUT2D eigenvalue weighted by Crippen LogP contribution is -2.48. The van der Waals surface area contributed by atoms with Crippen LogP contribution in [0.5, 0.6) is 0 Å². The maximum absolute atomic E-state index is 12.0. The molecule has 0 bridgehead atoms. The molecular formula is C14H16Cl2N2O3. The molecule has 2 rings (SSSR count). The number of ether oxygens (including phenoxy) is 1. The summed E-state index contributed by atoms with van der Waals surface area (Å²) in [6, 6.07) is 4.58. The van der Waals surface area contributed by atoms with Gasteiger partial charge in [0.05, 0.1) is 29.3 Å². The Morgan fingerprint density at radius 3 is 2.81 bits per heavy atom. The third-order valence-electron chi connectivity index (χ3n) is 3.18.